The summed E-state index contributed by atoms with van der Waals surface area (Å²) in [5.74, 6) is 0.451. The van der Waals surface area contributed by atoms with Crippen molar-refractivity contribution >= 4 is 11.9 Å². The van der Waals surface area contributed by atoms with Crippen LogP contribution in [0.5, 0.6) is 0 Å². The number of aromatic nitrogens is 2. The number of aryl methyl sites for hydroxylation is 1. The Kier molecular flexibility index (Phi) is 2.03. The van der Waals surface area contributed by atoms with E-state index in [0.717, 1.165) is 18.7 Å². The van der Waals surface area contributed by atoms with Crippen LogP contribution in [0, 0.1) is 0 Å². The zero-order valence-corrected chi connectivity index (χ0v) is 7.68. The van der Waals surface area contributed by atoms with Crippen molar-refractivity contribution in [3.63, 3.8) is 0 Å². The molecule has 0 unspecified atom stereocenters. The molecule has 1 aromatic heterocycles. The normalized spacial score (nSPS) is 16.1. The molecule has 0 bridgehead atoms. The van der Waals surface area contributed by atoms with E-state index in [0.29, 0.717) is 18.9 Å². The van der Waals surface area contributed by atoms with Crippen LogP contribution in [0.15, 0.2) is 6.07 Å². The van der Waals surface area contributed by atoms with Gasteiger partial charge in [-0.1, -0.05) is 0 Å². The molecule has 0 aliphatic carbocycles. The second kappa shape index (κ2) is 3.21. The highest BCUT2D eigenvalue weighted by molar-refractivity contribution is 5.65. The van der Waals surface area contributed by atoms with Gasteiger partial charge in [0.05, 0.1) is 12.2 Å². The van der Waals surface area contributed by atoms with Gasteiger partial charge in [0.15, 0.2) is 0 Å². The lowest BCUT2D eigenvalue weighted by atomic mass is 10.4. The van der Waals surface area contributed by atoms with Crippen LogP contribution in [-0.2, 0) is 13.1 Å². The molecule has 0 saturated carbocycles. The van der Waals surface area contributed by atoms with Gasteiger partial charge < -0.3 is 15.7 Å². The third-order valence-corrected chi connectivity index (χ3v) is 2.30. The van der Waals surface area contributed by atoms with Gasteiger partial charge in [0, 0.05) is 19.2 Å². The number of rotatable bonds is 0. The van der Waals surface area contributed by atoms with Gasteiger partial charge in [-0.3, -0.25) is 4.68 Å². The highest BCUT2D eigenvalue weighted by Crippen LogP contribution is 2.14. The summed E-state index contributed by atoms with van der Waals surface area (Å²) in [5, 5.41) is 12.9. The molecule has 14 heavy (non-hydrogen) atoms. The molecule has 0 fully saturated rings. The van der Waals surface area contributed by atoms with E-state index in [4.69, 9.17) is 10.8 Å². The molecular weight excluding hydrogens is 184 g/mol. The molecule has 6 heteroatoms. The number of hydrogen-bond acceptors (Lipinski definition) is 3. The first kappa shape index (κ1) is 8.86. The average molecular weight is 196 g/mol. The summed E-state index contributed by atoms with van der Waals surface area (Å²) < 4.78 is 1.78. The maximum Gasteiger partial charge on any atom is 0.407 e. The van der Waals surface area contributed by atoms with E-state index < -0.39 is 6.09 Å². The quantitative estimate of drug-likeness (QED) is 0.627. The number of fused-ring (bicyclic) bond motifs is 1. The maximum absolute atomic E-state index is 10.8. The molecule has 1 aliphatic heterocycles. The van der Waals surface area contributed by atoms with Crippen LogP contribution < -0.4 is 5.73 Å². The summed E-state index contributed by atoms with van der Waals surface area (Å²) in [6, 6.07) is 1.72. The Hall–Kier alpha value is -1.72. The Bertz CT molecular complexity index is 360. The predicted molar refractivity (Wildman–Crippen MR) is 49.7 cm³/mol. The second-order valence-electron chi connectivity index (χ2n) is 3.34. The summed E-state index contributed by atoms with van der Waals surface area (Å²) in [7, 11) is 0. The first-order valence-electron chi connectivity index (χ1n) is 4.47. The SMILES string of the molecule is Nc1cc2n(n1)CCCN(C(=O)O)C2. The van der Waals surface area contributed by atoms with Crippen LogP contribution in [0.4, 0.5) is 10.6 Å². The lowest BCUT2D eigenvalue weighted by molar-refractivity contribution is 0.143. The van der Waals surface area contributed by atoms with E-state index in [9.17, 15) is 4.79 Å². The molecule has 2 rings (SSSR count). The molecule has 0 aromatic carbocycles. The molecular formula is C8H12N4O2. The summed E-state index contributed by atoms with van der Waals surface area (Å²) >= 11 is 0. The van der Waals surface area contributed by atoms with Crippen LogP contribution in [0.2, 0.25) is 0 Å². The number of carboxylic acid groups (broad SMARTS) is 1. The van der Waals surface area contributed by atoms with Crippen molar-refractivity contribution in [1.29, 1.82) is 0 Å². The first-order valence-corrected chi connectivity index (χ1v) is 4.47. The average Bonchev–Trinajstić information content (AvgIpc) is 2.32. The van der Waals surface area contributed by atoms with Crippen LogP contribution >= 0.6 is 0 Å². The monoisotopic (exact) mass is 196 g/mol. The third kappa shape index (κ3) is 1.50. The van der Waals surface area contributed by atoms with Crippen LogP contribution in [0.3, 0.4) is 0 Å². The zero-order chi connectivity index (χ0) is 10.1. The van der Waals surface area contributed by atoms with Gasteiger partial charge in [-0.05, 0) is 6.42 Å². The maximum atomic E-state index is 10.8. The lowest BCUT2D eigenvalue weighted by Gasteiger charge is -2.14. The van der Waals surface area contributed by atoms with Crippen molar-refractivity contribution < 1.29 is 9.90 Å². The summed E-state index contributed by atoms with van der Waals surface area (Å²) in [6.07, 6.45) is -0.112. The zero-order valence-electron chi connectivity index (χ0n) is 7.68. The molecule has 0 spiro atoms. The van der Waals surface area contributed by atoms with Gasteiger partial charge in [0.25, 0.3) is 0 Å². The fraction of sp³-hybridized carbons (Fsp3) is 0.500. The first-order chi connectivity index (χ1) is 6.66. The fourth-order valence-electron chi connectivity index (χ4n) is 1.65. The lowest BCUT2D eigenvalue weighted by Crippen LogP contribution is -2.28. The van der Waals surface area contributed by atoms with Crippen LogP contribution in [0.1, 0.15) is 12.1 Å². The molecule has 6 nitrogen and oxygen atoms in total. The molecule has 1 aliphatic rings. The molecule has 0 atom stereocenters. The van der Waals surface area contributed by atoms with Crippen molar-refractivity contribution in [2.24, 2.45) is 0 Å². The van der Waals surface area contributed by atoms with Crippen molar-refractivity contribution in [2.45, 2.75) is 19.5 Å². The van der Waals surface area contributed by atoms with E-state index in [1.54, 1.807) is 10.7 Å². The smallest absolute Gasteiger partial charge is 0.407 e. The minimum atomic E-state index is -0.891. The Morgan fingerprint density at radius 1 is 1.57 bits per heavy atom. The summed E-state index contributed by atoms with van der Waals surface area (Å²) in [6.45, 7) is 1.66. The van der Waals surface area contributed by atoms with Gasteiger partial charge in [-0.25, -0.2) is 4.79 Å². The Morgan fingerprint density at radius 3 is 3.07 bits per heavy atom. The molecule has 76 valence electrons. The number of carbonyl (C=O) groups is 1. The minimum absolute atomic E-state index is 0.375. The van der Waals surface area contributed by atoms with E-state index in [-0.39, 0.29) is 0 Å². The van der Waals surface area contributed by atoms with Crippen LogP contribution in [0.25, 0.3) is 0 Å². The number of nitrogen functional groups attached to an aromatic ring is 1. The standard InChI is InChI=1S/C8H12N4O2/c9-7-4-6-5-11(8(13)14)2-1-3-12(6)10-7/h4H,1-3,5H2,(H2,9,10)(H,13,14). The fourth-order valence-corrected chi connectivity index (χ4v) is 1.65. The van der Waals surface area contributed by atoms with Gasteiger partial charge in [-0.2, -0.15) is 5.10 Å². The van der Waals surface area contributed by atoms with Gasteiger partial charge in [0.2, 0.25) is 0 Å². The molecule has 1 aromatic rings. The van der Waals surface area contributed by atoms with Crippen molar-refractivity contribution in [3.8, 4) is 0 Å². The number of nitrogens with zero attached hydrogens (tertiary/aromatic N) is 3. The Labute approximate surface area is 80.9 Å². The molecule has 2 heterocycles. The van der Waals surface area contributed by atoms with E-state index in [2.05, 4.69) is 5.10 Å². The molecule has 0 saturated heterocycles. The molecule has 0 radical (unpaired) electrons. The van der Waals surface area contributed by atoms with Gasteiger partial charge in [0.1, 0.15) is 5.82 Å². The summed E-state index contributed by atoms with van der Waals surface area (Å²) in [5.41, 5.74) is 6.40. The summed E-state index contributed by atoms with van der Waals surface area (Å²) in [4.78, 5) is 12.2. The van der Waals surface area contributed by atoms with E-state index >= 15 is 0 Å². The second-order valence-corrected chi connectivity index (χ2v) is 3.34. The van der Waals surface area contributed by atoms with Gasteiger partial charge in [-0.15, -0.1) is 0 Å². The van der Waals surface area contributed by atoms with Crippen molar-refractivity contribution in [1.82, 2.24) is 14.7 Å². The topological polar surface area (TPSA) is 84.4 Å². The van der Waals surface area contributed by atoms with E-state index in [1.807, 2.05) is 0 Å². The third-order valence-electron chi connectivity index (χ3n) is 2.30. The van der Waals surface area contributed by atoms with Gasteiger partial charge >= 0.3 is 6.09 Å². The molecule has 3 N–H and O–H groups in total. The highest BCUT2D eigenvalue weighted by Gasteiger charge is 2.18. The minimum Gasteiger partial charge on any atom is -0.465 e. The number of hydrogen-bond donors (Lipinski definition) is 2. The Morgan fingerprint density at radius 2 is 2.36 bits per heavy atom. The molecule has 1 amide bonds. The van der Waals surface area contributed by atoms with Crippen molar-refractivity contribution in [2.75, 3.05) is 12.3 Å². The Balaban J connectivity index is 2.25. The highest BCUT2D eigenvalue weighted by atomic mass is 16.4. The number of nitrogens with two attached hydrogens (primary N) is 1. The van der Waals surface area contributed by atoms with Crippen LogP contribution in [-0.4, -0.2) is 32.4 Å². The van der Waals surface area contributed by atoms with E-state index in [1.165, 1.54) is 4.90 Å². The number of amides is 1. The number of anilines is 1. The predicted octanol–water partition coefficient (Wildman–Crippen LogP) is 0.349. The largest absolute Gasteiger partial charge is 0.465 e. The van der Waals surface area contributed by atoms with Crippen molar-refractivity contribution in [3.05, 3.63) is 11.8 Å².